The Labute approximate surface area is 119 Å². The third-order valence-corrected chi connectivity index (χ3v) is 4.39. The van der Waals surface area contributed by atoms with Crippen LogP contribution in [0.3, 0.4) is 0 Å². The SMILES string of the molecule is CSCC(C)(O)CNC1c2ccccc2OCC1C. The minimum atomic E-state index is -0.674. The largest absolute Gasteiger partial charge is 0.493 e. The van der Waals surface area contributed by atoms with Crippen molar-refractivity contribution < 1.29 is 9.84 Å². The minimum Gasteiger partial charge on any atom is -0.493 e. The molecule has 0 saturated carbocycles. The number of benzene rings is 1. The number of hydrogen-bond donors (Lipinski definition) is 2. The number of rotatable bonds is 5. The van der Waals surface area contributed by atoms with E-state index in [1.54, 1.807) is 11.8 Å². The highest BCUT2D eigenvalue weighted by molar-refractivity contribution is 7.98. The molecule has 0 aliphatic carbocycles. The predicted molar refractivity (Wildman–Crippen MR) is 80.9 cm³/mol. The van der Waals surface area contributed by atoms with Crippen LogP contribution >= 0.6 is 11.8 Å². The zero-order valence-corrected chi connectivity index (χ0v) is 12.7. The van der Waals surface area contributed by atoms with Crippen LogP contribution in [0.1, 0.15) is 25.5 Å². The molecule has 3 nitrogen and oxygen atoms in total. The zero-order valence-electron chi connectivity index (χ0n) is 11.8. The molecule has 1 aliphatic heterocycles. The standard InChI is InChI=1S/C15H23NO2S/c1-11-8-18-13-7-5-4-6-12(13)14(11)16-9-15(2,17)10-19-3/h4-7,11,14,16-17H,8-10H2,1-3H3. The van der Waals surface area contributed by atoms with Gasteiger partial charge in [0, 0.05) is 29.8 Å². The monoisotopic (exact) mass is 281 g/mol. The molecule has 0 fully saturated rings. The number of fused-ring (bicyclic) bond motifs is 1. The fourth-order valence-electron chi connectivity index (χ4n) is 2.50. The molecule has 106 valence electrons. The van der Waals surface area contributed by atoms with Crippen molar-refractivity contribution in [3.8, 4) is 5.75 Å². The van der Waals surface area contributed by atoms with E-state index in [-0.39, 0.29) is 6.04 Å². The van der Waals surface area contributed by atoms with Crippen molar-refractivity contribution >= 4 is 11.8 Å². The summed E-state index contributed by atoms with van der Waals surface area (Å²) in [5.41, 5.74) is 0.521. The van der Waals surface area contributed by atoms with Crippen molar-refractivity contribution in [1.29, 1.82) is 0 Å². The summed E-state index contributed by atoms with van der Waals surface area (Å²) in [6, 6.07) is 8.39. The van der Waals surface area contributed by atoms with Crippen LogP contribution in [0, 0.1) is 5.92 Å². The number of ether oxygens (including phenoxy) is 1. The Kier molecular flexibility index (Phi) is 4.76. The fraction of sp³-hybridized carbons (Fsp3) is 0.600. The quantitative estimate of drug-likeness (QED) is 0.870. The number of aliphatic hydroxyl groups is 1. The number of para-hydroxylation sites is 1. The maximum Gasteiger partial charge on any atom is 0.124 e. The van der Waals surface area contributed by atoms with E-state index in [0.29, 0.717) is 12.5 Å². The lowest BCUT2D eigenvalue weighted by atomic mass is 9.91. The molecule has 0 bridgehead atoms. The van der Waals surface area contributed by atoms with E-state index >= 15 is 0 Å². The molecule has 2 rings (SSSR count). The Morgan fingerprint density at radius 3 is 2.95 bits per heavy atom. The first-order valence-electron chi connectivity index (χ1n) is 6.70. The van der Waals surface area contributed by atoms with Crippen LogP contribution in [-0.4, -0.2) is 35.9 Å². The van der Waals surface area contributed by atoms with Crippen LogP contribution in [0.5, 0.6) is 5.75 Å². The van der Waals surface area contributed by atoms with Crippen molar-refractivity contribution in [3.63, 3.8) is 0 Å². The zero-order chi connectivity index (χ0) is 13.9. The minimum absolute atomic E-state index is 0.248. The van der Waals surface area contributed by atoms with Gasteiger partial charge in [-0.3, -0.25) is 0 Å². The maximum absolute atomic E-state index is 10.3. The average molecular weight is 281 g/mol. The van der Waals surface area contributed by atoms with Crippen molar-refractivity contribution in [2.45, 2.75) is 25.5 Å². The van der Waals surface area contributed by atoms with Crippen LogP contribution in [0.25, 0.3) is 0 Å². The van der Waals surface area contributed by atoms with Gasteiger partial charge in [0.15, 0.2) is 0 Å². The van der Waals surface area contributed by atoms with Gasteiger partial charge in [-0.1, -0.05) is 25.1 Å². The van der Waals surface area contributed by atoms with Gasteiger partial charge in [0.05, 0.1) is 12.2 Å². The molecule has 1 aliphatic rings. The van der Waals surface area contributed by atoms with E-state index in [4.69, 9.17) is 4.74 Å². The van der Waals surface area contributed by atoms with Gasteiger partial charge < -0.3 is 15.2 Å². The summed E-state index contributed by atoms with van der Waals surface area (Å²) < 4.78 is 5.74. The molecule has 0 spiro atoms. The van der Waals surface area contributed by atoms with Gasteiger partial charge in [-0.05, 0) is 19.2 Å². The fourth-order valence-corrected chi connectivity index (χ4v) is 3.22. The molecule has 2 N–H and O–H groups in total. The van der Waals surface area contributed by atoms with Crippen LogP contribution < -0.4 is 10.1 Å². The van der Waals surface area contributed by atoms with E-state index in [1.165, 1.54) is 5.56 Å². The summed E-state index contributed by atoms with van der Waals surface area (Å²) in [6.45, 7) is 5.37. The van der Waals surface area contributed by atoms with Gasteiger partial charge in [-0.25, -0.2) is 0 Å². The Balaban J connectivity index is 2.07. The van der Waals surface area contributed by atoms with E-state index in [9.17, 15) is 5.11 Å². The predicted octanol–water partition coefficient (Wildman–Crippen LogP) is 2.46. The molecule has 1 aromatic rings. The topological polar surface area (TPSA) is 41.5 Å². The van der Waals surface area contributed by atoms with Crippen LogP contribution in [-0.2, 0) is 0 Å². The van der Waals surface area contributed by atoms with E-state index in [1.807, 2.05) is 31.4 Å². The van der Waals surface area contributed by atoms with Crippen LogP contribution in [0.4, 0.5) is 0 Å². The molecule has 1 heterocycles. The number of thioether (sulfide) groups is 1. The Bertz CT molecular complexity index is 422. The second kappa shape index (κ2) is 6.16. The highest BCUT2D eigenvalue weighted by Gasteiger charge is 2.29. The molecular weight excluding hydrogens is 258 g/mol. The lowest BCUT2D eigenvalue weighted by Crippen LogP contribution is -2.44. The molecule has 1 aromatic carbocycles. The van der Waals surface area contributed by atoms with Gasteiger partial charge in [-0.2, -0.15) is 11.8 Å². The molecule has 0 aromatic heterocycles. The molecule has 0 amide bonds. The normalized spacial score (nSPS) is 25.3. The van der Waals surface area contributed by atoms with E-state index in [2.05, 4.69) is 18.3 Å². The first kappa shape index (κ1) is 14.7. The Hall–Kier alpha value is -0.710. The third-order valence-electron chi connectivity index (χ3n) is 3.48. The Morgan fingerprint density at radius 2 is 2.21 bits per heavy atom. The summed E-state index contributed by atoms with van der Waals surface area (Å²) in [7, 11) is 0. The molecule has 3 unspecified atom stereocenters. The van der Waals surface area contributed by atoms with Gasteiger partial charge >= 0.3 is 0 Å². The second-order valence-electron chi connectivity index (χ2n) is 5.61. The molecule has 19 heavy (non-hydrogen) atoms. The summed E-state index contributed by atoms with van der Waals surface area (Å²) >= 11 is 1.67. The number of hydrogen-bond acceptors (Lipinski definition) is 4. The maximum atomic E-state index is 10.3. The summed E-state index contributed by atoms with van der Waals surface area (Å²) in [5.74, 6) is 2.10. The molecule has 0 radical (unpaired) electrons. The first-order valence-corrected chi connectivity index (χ1v) is 8.09. The van der Waals surface area contributed by atoms with Gasteiger partial charge in [-0.15, -0.1) is 0 Å². The van der Waals surface area contributed by atoms with Crippen LogP contribution in [0.2, 0.25) is 0 Å². The molecule has 0 saturated heterocycles. The van der Waals surface area contributed by atoms with Gasteiger partial charge in [0.2, 0.25) is 0 Å². The first-order chi connectivity index (χ1) is 9.03. The Morgan fingerprint density at radius 1 is 1.47 bits per heavy atom. The third kappa shape index (κ3) is 3.65. The van der Waals surface area contributed by atoms with Crippen molar-refractivity contribution in [2.75, 3.05) is 25.2 Å². The smallest absolute Gasteiger partial charge is 0.124 e. The van der Waals surface area contributed by atoms with E-state index < -0.39 is 5.60 Å². The van der Waals surface area contributed by atoms with Crippen molar-refractivity contribution in [1.82, 2.24) is 5.32 Å². The lowest BCUT2D eigenvalue weighted by molar-refractivity contribution is 0.0739. The van der Waals surface area contributed by atoms with E-state index in [0.717, 1.165) is 18.1 Å². The van der Waals surface area contributed by atoms with Crippen LogP contribution in [0.15, 0.2) is 24.3 Å². The lowest BCUT2D eigenvalue weighted by Gasteiger charge is -2.34. The summed E-state index contributed by atoms with van der Waals surface area (Å²) in [5, 5.41) is 13.8. The number of nitrogens with one attached hydrogen (secondary N) is 1. The highest BCUT2D eigenvalue weighted by Crippen LogP contribution is 2.35. The molecule has 3 atom stereocenters. The molecule has 4 heteroatoms. The summed E-state index contributed by atoms with van der Waals surface area (Å²) in [4.78, 5) is 0. The average Bonchev–Trinajstić information content (AvgIpc) is 2.37. The molecular formula is C15H23NO2S. The van der Waals surface area contributed by atoms with Crippen molar-refractivity contribution in [2.24, 2.45) is 5.92 Å². The summed E-state index contributed by atoms with van der Waals surface area (Å²) in [6.07, 6.45) is 2.01. The van der Waals surface area contributed by atoms with Gasteiger partial charge in [0.1, 0.15) is 5.75 Å². The van der Waals surface area contributed by atoms with Crippen molar-refractivity contribution in [3.05, 3.63) is 29.8 Å². The highest BCUT2D eigenvalue weighted by atomic mass is 32.2. The van der Waals surface area contributed by atoms with Gasteiger partial charge in [0.25, 0.3) is 0 Å². The second-order valence-corrected chi connectivity index (χ2v) is 6.48.